The van der Waals surface area contributed by atoms with Gasteiger partial charge in [0.15, 0.2) is 0 Å². The fraction of sp³-hybridized carbons (Fsp3) is 0.462. The Balaban J connectivity index is 1.91. The van der Waals surface area contributed by atoms with Crippen molar-refractivity contribution < 1.29 is 4.79 Å². The Bertz CT molecular complexity index is 453. The molecule has 1 aliphatic carbocycles. The molecule has 5 heteroatoms. The largest absolute Gasteiger partial charge is 0.352 e. The number of rotatable bonds is 3. The summed E-state index contributed by atoms with van der Waals surface area (Å²) in [6.07, 6.45) is 3.17. The molecule has 0 aliphatic heterocycles. The summed E-state index contributed by atoms with van der Waals surface area (Å²) in [6.45, 7) is 0.713. The molecule has 2 nitrogen and oxygen atoms in total. The van der Waals surface area contributed by atoms with E-state index in [2.05, 4.69) is 37.2 Å². The normalized spacial score (nSPS) is 23.1. The predicted octanol–water partition coefficient (Wildman–Crippen LogP) is 4.35. The van der Waals surface area contributed by atoms with Gasteiger partial charge in [-0.1, -0.05) is 15.9 Å². The summed E-state index contributed by atoms with van der Waals surface area (Å²) in [5.41, 5.74) is 0.665. The van der Waals surface area contributed by atoms with Gasteiger partial charge in [-0.3, -0.25) is 4.79 Å². The molecule has 98 valence electrons. The summed E-state index contributed by atoms with van der Waals surface area (Å²) in [5, 5.41) is 3.26. The number of carbonyl (C=O) groups excluding carboxylic acids is 1. The molecule has 0 saturated heterocycles. The number of halogens is 3. The third kappa shape index (κ3) is 3.72. The van der Waals surface area contributed by atoms with Crippen LogP contribution in [0, 0.1) is 5.92 Å². The second kappa shape index (κ2) is 6.40. The van der Waals surface area contributed by atoms with Crippen molar-refractivity contribution in [2.75, 3.05) is 6.54 Å². The molecule has 0 aromatic heterocycles. The van der Waals surface area contributed by atoms with Crippen molar-refractivity contribution in [2.24, 2.45) is 5.92 Å². The Hall–Kier alpha value is -0.0600. The molecule has 1 N–H and O–H groups in total. The first-order valence-electron chi connectivity index (χ1n) is 5.93. The van der Waals surface area contributed by atoms with Crippen molar-refractivity contribution in [1.82, 2.24) is 5.32 Å². The van der Waals surface area contributed by atoms with Crippen LogP contribution in [0.3, 0.4) is 0 Å². The van der Waals surface area contributed by atoms with Crippen molar-refractivity contribution in [2.45, 2.75) is 24.6 Å². The molecule has 18 heavy (non-hydrogen) atoms. The molecular weight excluding hydrogens is 381 g/mol. The lowest BCUT2D eigenvalue weighted by molar-refractivity contribution is 0.0946. The Morgan fingerprint density at radius 2 is 2.17 bits per heavy atom. The van der Waals surface area contributed by atoms with Crippen LogP contribution < -0.4 is 5.32 Å². The number of hydrogen-bond acceptors (Lipinski definition) is 1. The van der Waals surface area contributed by atoms with Crippen LogP contribution in [0.5, 0.6) is 0 Å². The third-order valence-electron chi connectivity index (χ3n) is 3.20. The molecule has 0 heterocycles. The number of carbonyl (C=O) groups is 1. The Morgan fingerprint density at radius 3 is 2.78 bits per heavy atom. The first-order valence-corrected chi connectivity index (χ1v) is 7.96. The maximum absolute atomic E-state index is 12.0. The van der Waals surface area contributed by atoms with Gasteiger partial charge < -0.3 is 5.32 Å². The molecule has 2 atom stereocenters. The van der Waals surface area contributed by atoms with Crippen LogP contribution in [-0.2, 0) is 0 Å². The maximum atomic E-state index is 12.0. The van der Waals surface area contributed by atoms with Gasteiger partial charge >= 0.3 is 0 Å². The number of alkyl halides is 1. The van der Waals surface area contributed by atoms with E-state index < -0.39 is 0 Å². The molecule has 1 amide bonds. The van der Waals surface area contributed by atoms with Gasteiger partial charge in [0.2, 0.25) is 0 Å². The molecule has 0 bridgehead atoms. The zero-order valence-corrected chi connectivity index (χ0v) is 13.7. The highest BCUT2D eigenvalue weighted by molar-refractivity contribution is 9.11. The number of benzene rings is 1. The van der Waals surface area contributed by atoms with Crippen molar-refractivity contribution in [3.63, 3.8) is 0 Å². The summed E-state index contributed by atoms with van der Waals surface area (Å²) < 4.78 is 1.75. The van der Waals surface area contributed by atoms with E-state index in [9.17, 15) is 4.79 Å². The van der Waals surface area contributed by atoms with Gasteiger partial charge in [0.05, 0.1) is 5.56 Å². The summed E-state index contributed by atoms with van der Waals surface area (Å²) in [7, 11) is 0. The van der Waals surface area contributed by atoms with E-state index in [-0.39, 0.29) is 11.3 Å². The highest BCUT2D eigenvalue weighted by Crippen LogP contribution is 2.29. The smallest absolute Gasteiger partial charge is 0.252 e. The Kier molecular flexibility index (Phi) is 5.10. The Labute approximate surface area is 129 Å². The molecule has 2 unspecified atom stereocenters. The molecule has 2 rings (SSSR count). The average molecular weight is 396 g/mol. The second-order valence-electron chi connectivity index (χ2n) is 4.61. The first-order chi connectivity index (χ1) is 8.56. The quantitative estimate of drug-likeness (QED) is 0.758. The highest BCUT2D eigenvalue weighted by Gasteiger charge is 2.23. The molecule has 1 saturated carbocycles. The summed E-state index contributed by atoms with van der Waals surface area (Å²) >= 11 is 12.8. The van der Waals surface area contributed by atoms with Crippen LogP contribution in [0.2, 0.25) is 0 Å². The van der Waals surface area contributed by atoms with Gasteiger partial charge in [-0.2, -0.15) is 0 Å². The Morgan fingerprint density at radius 1 is 1.39 bits per heavy atom. The molecule has 1 aromatic carbocycles. The maximum Gasteiger partial charge on any atom is 0.252 e. The predicted molar refractivity (Wildman–Crippen MR) is 81.2 cm³/mol. The number of nitrogens with one attached hydrogen (secondary N) is 1. The van der Waals surface area contributed by atoms with Crippen molar-refractivity contribution in [1.29, 1.82) is 0 Å². The third-order valence-corrected chi connectivity index (χ3v) is 4.75. The minimum absolute atomic E-state index is 0.0348. The fourth-order valence-corrected chi connectivity index (χ4v) is 3.81. The van der Waals surface area contributed by atoms with Crippen LogP contribution in [0.1, 0.15) is 29.6 Å². The monoisotopic (exact) mass is 393 g/mol. The molecule has 0 radical (unpaired) electrons. The van der Waals surface area contributed by atoms with Gasteiger partial charge in [0.25, 0.3) is 5.91 Å². The van der Waals surface area contributed by atoms with E-state index in [4.69, 9.17) is 11.6 Å². The van der Waals surface area contributed by atoms with Gasteiger partial charge in [-0.05, 0) is 59.3 Å². The van der Waals surface area contributed by atoms with Crippen molar-refractivity contribution in [3.8, 4) is 0 Å². The van der Waals surface area contributed by atoms with E-state index in [0.29, 0.717) is 18.0 Å². The molecule has 0 spiro atoms. The zero-order valence-electron chi connectivity index (χ0n) is 9.76. The summed E-state index contributed by atoms with van der Waals surface area (Å²) in [4.78, 5) is 12.0. The minimum Gasteiger partial charge on any atom is -0.352 e. The van der Waals surface area contributed by atoms with Gasteiger partial charge in [0, 0.05) is 20.9 Å². The van der Waals surface area contributed by atoms with E-state index in [1.807, 2.05) is 18.2 Å². The van der Waals surface area contributed by atoms with Crippen LogP contribution in [0.25, 0.3) is 0 Å². The van der Waals surface area contributed by atoms with Crippen LogP contribution in [-0.4, -0.2) is 17.8 Å². The van der Waals surface area contributed by atoms with Gasteiger partial charge in [-0.15, -0.1) is 11.6 Å². The minimum atomic E-state index is -0.0348. The van der Waals surface area contributed by atoms with Crippen LogP contribution in [0.4, 0.5) is 0 Å². The first kappa shape index (κ1) is 14.4. The number of hydrogen-bond donors (Lipinski definition) is 1. The average Bonchev–Trinajstić information content (AvgIpc) is 2.72. The van der Waals surface area contributed by atoms with Crippen molar-refractivity contribution >= 4 is 49.4 Å². The molecule has 1 aromatic rings. The lowest BCUT2D eigenvalue weighted by Crippen LogP contribution is -2.28. The molecule has 1 aliphatic rings. The van der Waals surface area contributed by atoms with E-state index in [1.54, 1.807) is 0 Å². The van der Waals surface area contributed by atoms with E-state index in [0.717, 1.165) is 28.2 Å². The zero-order chi connectivity index (χ0) is 13.1. The van der Waals surface area contributed by atoms with Crippen LogP contribution in [0.15, 0.2) is 27.1 Å². The van der Waals surface area contributed by atoms with Gasteiger partial charge in [0.1, 0.15) is 0 Å². The SMILES string of the molecule is O=C(NCC1CCC(Cl)C1)c1ccc(Br)cc1Br. The van der Waals surface area contributed by atoms with E-state index >= 15 is 0 Å². The summed E-state index contributed by atoms with van der Waals surface area (Å²) in [5.74, 6) is 0.484. The standard InChI is InChI=1S/C13H14Br2ClNO/c14-9-2-4-11(12(15)6-9)13(18)17-7-8-1-3-10(16)5-8/h2,4,6,8,10H,1,3,5,7H2,(H,17,18). The lowest BCUT2D eigenvalue weighted by Gasteiger charge is -2.11. The lowest BCUT2D eigenvalue weighted by atomic mass is 10.1. The molecule has 1 fully saturated rings. The number of amides is 1. The summed E-state index contributed by atoms with van der Waals surface area (Å²) in [6, 6.07) is 5.55. The topological polar surface area (TPSA) is 29.1 Å². The van der Waals surface area contributed by atoms with E-state index in [1.165, 1.54) is 0 Å². The van der Waals surface area contributed by atoms with Crippen molar-refractivity contribution in [3.05, 3.63) is 32.7 Å². The van der Waals surface area contributed by atoms with Gasteiger partial charge in [-0.25, -0.2) is 0 Å². The fourth-order valence-electron chi connectivity index (χ4n) is 2.21. The molecular formula is C13H14Br2ClNO. The second-order valence-corrected chi connectivity index (χ2v) is 7.00. The highest BCUT2D eigenvalue weighted by atomic mass is 79.9. The van der Waals surface area contributed by atoms with Crippen LogP contribution >= 0.6 is 43.5 Å².